The molecule has 0 saturated heterocycles. The molecule has 0 unspecified atom stereocenters. The zero-order chi connectivity index (χ0) is 19.2. The summed E-state index contributed by atoms with van der Waals surface area (Å²) in [6, 6.07) is 13.3. The summed E-state index contributed by atoms with van der Waals surface area (Å²) in [5.41, 5.74) is 1.92. The van der Waals surface area contributed by atoms with Crippen LogP contribution in [0.4, 0.5) is 4.39 Å². The highest BCUT2D eigenvalue weighted by atomic mass is 32.2. The lowest BCUT2D eigenvalue weighted by Crippen LogP contribution is -2.08. The van der Waals surface area contributed by atoms with E-state index in [4.69, 9.17) is 4.74 Å². The Morgan fingerprint density at radius 2 is 2.07 bits per heavy atom. The number of hydrogen-bond donors (Lipinski definition) is 1. The molecule has 0 bridgehead atoms. The van der Waals surface area contributed by atoms with Gasteiger partial charge in [0.2, 0.25) is 0 Å². The quantitative estimate of drug-likeness (QED) is 0.474. The number of carbonyl (C=O) groups is 1. The molecule has 1 heterocycles. The summed E-state index contributed by atoms with van der Waals surface area (Å²) in [4.78, 5) is 16.8. The van der Waals surface area contributed by atoms with Crippen LogP contribution in [0.25, 0.3) is 0 Å². The minimum atomic E-state index is -0.319. The number of benzene rings is 2. The van der Waals surface area contributed by atoms with Crippen molar-refractivity contribution >= 4 is 17.5 Å². The average Bonchev–Trinajstić information content (AvgIpc) is 3.07. The summed E-state index contributed by atoms with van der Waals surface area (Å²) in [5, 5.41) is 10.1. The minimum absolute atomic E-state index is 0.0512. The Balaban J connectivity index is 1.75. The molecule has 3 rings (SSSR count). The van der Waals surface area contributed by atoms with Crippen LogP contribution in [-0.2, 0) is 13.2 Å². The molecule has 0 amide bonds. The number of methoxy groups -OCH3 is 1. The van der Waals surface area contributed by atoms with Gasteiger partial charge in [0.25, 0.3) is 0 Å². The molecule has 0 aliphatic carbocycles. The molecule has 0 atom stereocenters. The molecule has 2 aromatic carbocycles. The summed E-state index contributed by atoms with van der Waals surface area (Å²) in [6.45, 7) is 0.177. The van der Waals surface area contributed by atoms with E-state index in [0.717, 1.165) is 5.56 Å². The number of ketones is 1. The highest BCUT2D eigenvalue weighted by molar-refractivity contribution is 7.99. The summed E-state index contributed by atoms with van der Waals surface area (Å²) in [6.07, 6.45) is 1.57. The molecule has 0 saturated carbocycles. The van der Waals surface area contributed by atoms with Crippen molar-refractivity contribution in [3.05, 3.63) is 77.4 Å². The van der Waals surface area contributed by atoms with Gasteiger partial charge in [-0.3, -0.25) is 4.79 Å². The van der Waals surface area contributed by atoms with Crippen LogP contribution >= 0.6 is 11.8 Å². The predicted molar refractivity (Wildman–Crippen MR) is 102 cm³/mol. The average molecular weight is 386 g/mol. The molecule has 1 N–H and O–H groups in total. The van der Waals surface area contributed by atoms with Gasteiger partial charge in [-0.1, -0.05) is 36.0 Å². The molecule has 1 aromatic heterocycles. The van der Waals surface area contributed by atoms with Gasteiger partial charge in [0.15, 0.2) is 10.9 Å². The van der Waals surface area contributed by atoms with Crippen LogP contribution in [-0.4, -0.2) is 33.3 Å². The number of imidazole rings is 1. The van der Waals surface area contributed by atoms with Gasteiger partial charge >= 0.3 is 0 Å². The van der Waals surface area contributed by atoms with Gasteiger partial charge < -0.3 is 14.4 Å². The van der Waals surface area contributed by atoms with Crippen LogP contribution in [0.5, 0.6) is 5.75 Å². The molecular formula is C20H19FN2O3S. The monoisotopic (exact) mass is 386 g/mol. The fourth-order valence-electron chi connectivity index (χ4n) is 2.63. The summed E-state index contributed by atoms with van der Waals surface area (Å²) >= 11 is 1.28. The van der Waals surface area contributed by atoms with Crippen molar-refractivity contribution in [3.8, 4) is 5.75 Å². The van der Waals surface area contributed by atoms with Crippen molar-refractivity contribution in [1.29, 1.82) is 0 Å². The van der Waals surface area contributed by atoms with E-state index in [1.165, 1.54) is 23.9 Å². The smallest absolute Gasteiger partial charge is 0.173 e. The first-order chi connectivity index (χ1) is 13.1. The van der Waals surface area contributed by atoms with Gasteiger partial charge in [-0.15, -0.1) is 0 Å². The summed E-state index contributed by atoms with van der Waals surface area (Å²) in [5.74, 6) is 0.449. The number of thioether (sulfide) groups is 1. The van der Waals surface area contributed by atoms with E-state index in [9.17, 15) is 14.3 Å². The molecule has 3 aromatic rings. The number of hydrogen-bond acceptors (Lipinski definition) is 5. The Hall–Kier alpha value is -2.64. The first-order valence-electron chi connectivity index (χ1n) is 8.30. The molecule has 0 aliphatic heterocycles. The molecule has 0 spiro atoms. The number of halogens is 1. The van der Waals surface area contributed by atoms with E-state index in [0.29, 0.717) is 28.7 Å². The standard InChI is InChI=1S/C20H19FN2O3S/c1-26-18-7-3-5-15(9-18)19(25)13-27-20-22-10-17(12-24)23(20)11-14-4-2-6-16(21)8-14/h2-10,24H,11-13H2,1H3. The third-order valence-corrected chi connectivity index (χ3v) is 5.01. The number of rotatable bonds is 8. The normalized spacial score (nSPS) is 10.8. The van der Waals surface area contributed by atoms with E-state index in [1.807, 2.05) is 0 Å². The molecule has 27 heavy (non-hydrogen) atoms. The van der Waals surface area contributed by atoms with Crippen LogP contribution in [0, 0.1) is 5.82 Å². The van der Waals surface area contributed by atoms with Crippen molar-refractivity contribution in [2.24, 2.45) is 0 Å². The Labute approximate surface area is 160 Å². The zero-order valence-electron chi connectivity index (χ0n) is 14.8. The number of aliphatic hydroxyl groups excluding tert-OH is 1. The maximum atomic E-state index is 13.4. The lowest BCUT2D eigenvalue weighted by Gasteiger charge is -2.11. The van der Waals surface area contributed by atoms with E-state index in [1.54, 1.807) is 54.3 Å². The van der Waals surface area contributed by atoms with E-state index < -0.39 is 0 Å². The highest BCUT2D eigenvalue weighted by Crippen LogP contribution is 2.23. The number of Topliss-reactive ketones (excluding diaryl/α,β-unsaturated/α-hetero) is 1. The minimum Gasteiger partial charge on any atom is -0.497 e. The van der Waals surface area contributed by atoms with Crippen molar-refractivity contribution in [2.45, 2.75) is 18.3 Å². The number of ether oxygens (including phenoxy) is 1. The number of nitrogens with zero attached hydrogens (tertiary/aromatic N) is 2. The van der Waals surface area contributed by atoms with Crippen molar-refractivity contribution < 1.29 is 19.0 Å². The van der Waals surface area contributed by atoms with Gasteiger partial charge in [0.05, 0.1) is 37.9 Å². The number of aromatic nitrogens is 2. The van der Waals surface area contributed by atoms with Crippen LogP contribution in [0.1, 0.15) is 21.6 Å². The molecular weight excluding hydrogens is 367 g/mol. The molecule has 0 aliphatic rings. The van der Waals surface area contributed by atoms with Crippen molar-refractivity contribution in [1.82, 2.24) is 9.55 Å². The van der Waals surface area contributed by atoms with Crippen LogP contribution < -0.4 is 4.74 Å². The fraction of sp³-hybridized carbons (Fsp3) is 0.200. The molecule has 7 heteroatoms. The maximum Gasteiger partial charge on any atom is 0.173 e. The maximum absolute atomic E-state index is 13.4. The van der Waals surface area contributed by atoms with Gasteiger partial charge in [-0.25, -0.2) is 9.37 Å². The lowest BCUT2D eigenvalue weighted by atomic mass is 10.1. The number of carbonyl (C=O) groups excluding carboxylic acids is 1. The van der Waals surface area contributed by atoms with Crippen LogP contribution in [0.2, 0.25) is 0 Å². The molecule has 5 nitrogen and oxygen atoms in total. The Kier molecular flexibility index (Phi) is 6.26. The molecule has 0 fully saturated rings. The van der Waals surface area contributed by atoms with Crippen LogP contribution in [0.3, 0.4) is 0 Å². The first-order valence-corrected chi connectivity index (χ1v) is 9.29. The third-order valence-electron chi connectivity index (χ3n) is 4.02. The first kappa shape index (κ1) is 19.1. The second kappa shape index (κ2) is 8.83. The molecule has 140 valence electrons. The van der Waals surface area contributed by atoms with Gasteiger partial charge in [0.1, 0.15) is 11.6 Å². The second-order valence-corrected chi connectivity index (χ2v) is 6.79. The van der Waals surface area contributed by atoms with Crippen molar-refractivity contribution in [3.63, 3.8) is 0 Å². The van der Waals surface area contributed by atoms with E-state index in [2.05, 4.69) is 4.98 Å². The van der Waals surface area contributed by atoms with Gasteiger partial charge in [-0.05, 0) is 29.8 Å². The Morgan fingerprint density at radius 1 is 1.26 bits per heavy atom. The topological polar surface area (TPSA) is 64.3 Å². The zero-order valence-corrected chi connectivity index (χ0v) is 15.6. The van der Waals surface area contributed by atoms with Gasteiger partial charge in [-0.2, -0.15) is 0 Å². The summed E-state index contributed by atoms with van der Waals surface area (Å²) in [7, 11) is 1.55. The summed E-state index contributed by atoms with van der Waals surface area (Å²) < 4.78 is 20.4. The molecule has 0 radical (unpaired) electrons. The Bertz CT molecular complexity index is 942. The fourth-order valence-corrected chi connectivity index (χ4v) is 3.52. The third kappa shape index (κ3) is 4.75. The second-order valence-electron chi connectivity index (χ2n) is 5.85. The van der Waals surface area contributed by atoms with Crippen LogP contribution in [0.15, 0.2) is 59.9 Å². The SMILES string of the molecule is COc1cccc(C(=O)CSc2ncc(CO)n2Cc2cccc(F)c2)c1. The highest BCUT2D eigenvalue weighted by Gasteiger charge is 2.14. The van der Waals surface area contributed by atoms with E-state index in [-0.39, 0.29) is 24.0 Å². The predicted octanol–water partition coefficient (Wildman–Crippen LogP) is 3.55. The number of aliphatic hydroxyl groups is 1. The van der Waals surface area contributed by atoms with E-state index >= 15 is 0 Å². The lowest BCUT2D eigenvalue weighted by molar-refractivity contribution is 0.102. The Morgan fingerprint density at radius 3 is 2.81 bits per heavy atom. The van der Waals surface area contributed by atoms with Crippen molar-refractivity contribution in [2.75, 3.05) is 12.9 Å². The van der Waals surface area contributed by atoms with Gasteiger partial charge in [0, 0.05) is 5.56 Å². The largest absolute Gasteiger partial charge is 0.497 e.